The van der Waals surface area contributed by atoms with Gasteiger partial charge in [-0.1, -0.05) is 6.92 Å². The van der Waals surface area contributed by atoms with E-state index in [1.54, 1.807) is 0 Å². The highest BCUT2D eigenvalue weighted by atomic mass is 16.6. The van der Waals surface area contributed by atoms with Crippen LogP contribution < -0.4 is 16.0 Å². The highest BCUT2D eigenvalue weighted by Crippen LogP contribution is 2.09. The third kappa shape index (κ3) is 7.70. The first-order chi connectivity index (χ1) is 9.40. The van der Waals surface area contributed by atoms with E-state index in [-0.39, 0.29) is 12.1 Å². The SMILES string of the molecule is CCC(CNCC1CCCNC1)NC(=O)OC(C)(C)C. The Bertz CT molecular complexity index is 283. The summed E-state index contributed by atoms with van der Waals surface area (Å²) in [5.74, 6) is 0.711. The van der Waals surface area contributed by atoms with Crippen molar-refractivity contribution in [1.82, 2.24) is 16.0 Å². The molecule has 118 valence electrons. The van der Waals surface area contributed by atoms with E-state index in [4.69, 9.17) is 4.74 Å². The van der Waals surface area contributed by atoms with Gasteiger partial charge in [0.1, 0.15) is 5.60 Å². The van der Waals surface area contributed by atoms with Crippen LogP contribution in [0.15, 0.2) is 0 Å². The van der Waals surface area contributed by atoms with Crippen LogP contribution in [0.3, 0.4) is 0 Å². The summed E-state index contributed by atoms with van der Waals surface area (Å²) >= 11 is 0. The number of carbonyl (C=O) groups excluding carboxylic acids is 1. The van der Waals surface area contributed by atoms with Crippen LogP contribution >= 0.6 is 0 Å². The number of rotatable bonds is 6. The van der Waals surface area contributed by atoms with Crippen LogP contribution in [0.5, 0.6) is 0 Å². The molecule has 0 radical (unpaired) electrons. The Kier molecular flexibility index (Phi) is 7.30. The summed E-state index contributed by atoms with van der Waals surface area (Å²) in [6.45, 7) is 11.8. The van der Waals surface area contributed by atoms with Crippen molar-refractivity contribution in [2.75, 3.05) is 26.2 Å². The van der Waals surface area contributed by atoms with Gasteiger partial charge in [-0.05, 0) is 65.6 Å². The molecule has 2 unspecified atom stereocenters. The number of piperidine rings is 1. The molecule has 3 N–H and O–H groups in total. The predicted molar refractivity (Wildman–Crippen MR) is 81.9 cm³/mol. The fourth-order valence-corrected chi connectivity index (χ4v) is 2.33. The number of nitrogens with one attached hydrogen (secondary N) is 3. The minimum atomic E-state index is -0.441. The van der Waals surface area contributed by atoms with Crippen molar-refractivity contribution in [3.05, 3.63) is 0 Å². The molecule has 0 aromatic rings. The van der Waals surface area contributed by atoms with Gasteiger partial charge >= 0.3 is 6.09 Å². The smallest absolute Gasteiger partial charge is 0.407 e. The standard InChI is InChI=1S/C15H31N3O2/c1-5-13(18-14(19)20-15(2,3)4)11-17-10-12-7-6-8-16-9-12/h12-13,16-17H,5-11H2,1-4H3,(H,18,19). The minimum absolute atomic E-state index is 0.126. The molecule has 1 rings (SSSR count). The summed E-state index contributed by atoms with van der Waals surface area (Å²) in [5.41, 5.74) is -0.441. The van der Waals surface area contributed by atoms with Crippen molar-refractivity contribution < 1.29 is 9.53 Å². The van der Waals surface area contributed by atoms with Gasteiger partial charge < -0.3 is 20.7 Å². The van der Waals surface area contributed by atoms with E-state index in [1.807, 2.05) is 20.8 Å². The van der Waals surface area contributed by atoms with Gasteiger partial charge in [0.05, 0.1) is 0 Å². The Balaban J connectivity index is 2.19. The molecule has 2 atom stereocenters. The molecular formula is C15H31N3O2. The summed E-state index contributed by atoms with van der Waals surface area (Å²) in [4.78, 5) is 11.7. The summed E-state index contributed by atoms with van der Waals surface area (Å²) in [5, 5.41) is 9.80. The largest absolute Gasteiger partial charge is 0.444 e. The maximum atomic E-state index is 11.7. The monoisotopic (exact) mass is 285 g/mol. The molecule has 1 saturated heterocycles. The fraction of sp³-hybridized carbons (Fsp3) is 0.933. The first-order valence-corrected chi connectivity index (χ1v) is 7.81. The molecule has 1 aliphatic heterocycles. The lowest BCUT2D eigenvalue weighted by molar-refractivity contribution is 0.0502. The van der Waals surface area contributed by atoms with Gasteiger partial charge in [0.2, 0.25) is 0 Å². The lowest BCUT2D eigenvalue weighted by Crippen LogP contribution is -2.45. The second-order valence-electron chi connectivity index (χ2n) is 6.62. The number of carbonyl (C=O) groups is 1. The van der Waals surface area contributed by atoms with Crippen molar-refractivity contribution in [3.63, 3.8) is 0 Å². The molecular weight excluding hydrogens is 254 g/mol. The van der Waals surface area contributed by atoms with Crippen LogP contribution in [0.1, 0.15) is 47.0 Å². The van der Waals surface area contributed by atoms with Crippen LogP contribution in [0, 0.1) is 5.92 Å². The summed E-state index contributed by atoms with van der Waals surface area (Å²) in [6, 6.07) is 0.126. The molecule has 1 amide bonds. The summed E-state index contributed by atoms with van der Waals surface area (Å²) < 4.78 is 5.28. The van der Waals surface area contributed by atoms with E-state index in [0.29, 0.717) is 5.92 Å². The van der Waals surface area contributed by atoms with E-state index in [1.165, 1.54) is 12.8 Å². The van der Waals surface area contributed by atoms with Crippen molar-refractivity contribution in [2.45, 2.75) is 58.6 Å². The van der Waals surface area contributed by atoms with Gasteiger partial charge in [-0.25, -0.2) is 4.79 Å². The topological polar surface area (TPSA) is 62.4 Å². The Labute approximate surface area is 123 Å². The Morgan fingerprint density at radius 1 is 1.45 bits per heavy atom. The summed E-state index contributed by atoms with van der Waals surface area (Å²) in [6.07, 6.45) is 3.12. The number of hydrogen-bond acceptors (Lipinski definition) is 4. The third-order valence-corrected chi connectivity index (χ3v) is 3.44. The molecule has 20 heavy (non-hydrogen) atoms. The molecule has 1 aliphatic rings. The average Bonchev–Trinajstić information content (AvgIpc) is 2.36. The number of hydrogen-bond donors (Lipinski definition) is 3. The lowest BCUT2D eigenvalue weighted by atomic mass is 10.00. The quantitative estimate of drug-likeness (QED) is 0.697. The first kappa shape index (κ1) is 17.2. The van der Waals surface area contributed by atoms with E-state index in [9.17, 15) is 4.79 Å². The van der Waals surface area contributed by atoms with Crippen molar-refractivity contribution in [2.24, 2.45) is 5.92 Å². The zero-order chi connectivity index (χ0) is 15.0. The lowest BCUT2D eigenvalue weighted by Gasteiger charge is -2.25. The van der Waals surface area contributed by atoms with E-state index < -0.39 is 5.60 Å². The molecule has 0 spiro atoms. The second kappa shape index (κ2) is 8.47. The summed E-state index contributed by atoms with van der Waals surface area (Å²) in [7, 11) is 0. The highest BCUT2D eigenvalue weighted by Gasteiger charge is 2.19. The highest BCUT2D eigenvalue weighted by molar-refractivity contribution is 5.68. The number of amides is 1. The Morgan fingerprint density at radius 3 is 2.75 bits per heavy atom. The van der Waals surface area contributed by atoms with Crippen molar-refractivity contribution in [3.8, 4) is 0 Å². The molecule has 0 aromatic heterocycles. The predicted octanol–water partition coefficient (Wildman–Crippen LogP) is 1.88. The molecule has 1 heterocycles. The van der Waals surface area contributed by atoms with Gasteiger partial charge in [0.15, 0.2) is 0 Å². The number of ether oxygens (including phenoxy) is 1. The zero-order valence-corrected chi connectivity index (χ0v) is 13.4. The number of alkyl carbamates (subject to hydrolysis) is 1. The molecule has 5 heteroatoms. The Hall–Kier alpha value is -0.810. The molecule has 0 aliphatic carbocycles. The molecule has 0 bridgehead atoms. The van der Waals surface area contributed by atoms with Crippen molar-refractivity contribution >= 4 is 6.09 Å². The van der Waals surface area contributed by atoms with Crippen LogP contribution in [0.25, 0.3) is 0 Å². The van der Waals surface area contributed by atoms with Gasteiger partial charge in [-0.15, -0.1) is 0 Å². The van der Waals surface area contributed by atoms with Crippen LogP contribution in [-0.2, 0) is 4.74 Å². The van der Waals surface area contributed by atoms with Gasteiger partial charge in [0, 0.05) is 12.6 Å². The van der Waals surface area contributed by atoms with Gasteiger partial charge in [-0.3, -0.25) is 0 Å². The average molecular weight is 285 g/mol. The maximum Gasteiger partial charge on any atom is 0.407 e. The molecule has 0 aromatic carbocycles. The first-order valence-electron chi connectivity index (χ1n) is 7.81. The zero-order valence-electron chi connectivity index (χ0n) is 13.4. The third-order valence-electron chi connectivity index (χ3n) is 3.44. The van der Waals surface area contributed by atoms with Crippen LogP contribution in [0.2, 0.25) is 0 Å². The molecule has 1 fully saturated rings. The van der Waals surface area contributed by atoms with Crippen LogP contribution in [0.4, 0.5) is 4.79 Å². The van der Waals surface area contributed by atoms with Gasteiger partial charge in [0.25, 0.3) is 0 Å². The molecule has 5 nitrogen and oxygen atoms in total. The van der Waals surface area contributed by atoms with E-state index in [2.05, 4.69) is 22.9 Å². The maximum absolute atomic E-state index is 11.7. The van der Waals surface area contributed by atoms with Crippen molar-refractivity contribution in [1.29, 1.82) is 0 Å². The van der Waals surface area contributed by atoms with Crippen LogP contribution in [-0.4, -0.2) is 43.9 Å². The Morgan fingerprint density at radius 2 is 2.20 bits per heavy atom. The normalized spacial score (nSPS) is 21.3. The minimum Gasteiger partial charge on any atom is -0.444 e. The fourth-order valence-electron chi connectivity index (χ4n) is 2.33. The van der Waals surface area contributed by atoms with E-state index in [0.717, 1.165) is 32.6 Å². The second-order valence-corrected chi connectivity index (χ2v) is 6.62. The van der Waals surface area contributed by atoms with E-state index >= 15 is 0 Å². The van der Waals surface area contributed by atoms with Gasteiger partial charge in [-0.2, -0.15) is 0 Å². The molecule has 0 saturated carbocycles.